The van der Waals surface area contributed by atoms with Gasteiger partial charge in [-0.1, -0.05) is 12.1 Å². The standard InChI is InChI=1S/C18H18F3N3O2S/c1-10-8-9-27-14(10)17(2)13(15(25)24(3)16(22)23-17)11-4-6-12(7-5-11)26-18(19,20)21/h4-9,13H,1-3H3,(H2,22,23)/t13?,17-/m0/s1. The van der Waals surface area contributed by atoms with Crippen molar-refractivity contribution in [3.63, 3.8) is 0 Å². The third kappa shape index (κ3) is 3.51. The Morgan fingerprint density at radius 1 is 1.26 bits per heavy atom. The number of amides is 1. The van der Waals surface area contributed by atoms with Crippen molar-refractivity contribution in [3.05, 3.63) is 51.7 Å². The van der Waals surface area contributed by atoms with Crippen LogP contribution in [0.3, 0.4) is 0 Å². The highest BCUT2D eigenvalue weighted by Crippen LogP contribution is 2.44. The first-order valence-electron chi connectivity index (χ1n) is 8.07. The van der Waals surface area contributed by atoms with Crippen LogP contribution in [-0.4, -0.2) is 30.2 Å². The summed E-state index contributed by atoms with van der Waals surface area (Å²) >= 11 is 1.47. The predicted molar refractivity (Wildman–Crippen MR) is 95.9 cm³/mol. The normalized spacial score (nSPS) is 23.3. The first kappa shape index (κ1) is 19.2. The second kappa shape index (κ2) is 6.56. The Kier molecular flexibility index (Phi) is 4.67. The molecule has 0 spiro atoms. The van der Waals surface area contributed by atoms with Gasteiger partial charge in [-0.3, -0.25) is 15.1 Å². The van der Waals surface area contributed by atoms with E-state index in [0.29, 0.717) is 5.56 Å². The molecule has 2 N–H and O–H groups in total. The van der Waals surface area contributed by atoms with Crippen LogP contribution in [0.5, 0.6) is 5.75 Å². The monoisotopic (exact) mass is 397 g/mol. The van der Waals surface area contributed by atoms with Crippen LogP contribution in [0.2, 0.25) is 0 Å². The Morgan fingerprint density at radius 3 is 2.41 bits per heavy atom. The van der Waals surface area contributed by atoms with Gasteiger partial charge in [0.2, 0.25) is 5.91 Å². The summed E-state index contributed by atoms with van der Waals surface area (Å²) in [6, 6.07) is 7.22. The van der Waals surface area contributed by atoms with Gasteiger partial charge in [-0.05, 0) is 48.6 Å². The Hall–Kier alpha value is -2.55. The molecule has 5 nitrogen and oxygen atoms in total. The Labute approximate surface area is 158 Å². The van der Waals surface area contributed by atoms with Gasteiger partial charge < -0.3 is 10.1 Å². The maximum absolute atomic E-state index is 13.0. The molecule has 0 radical (unpaired) electrons. The molecule has 2 aromatic rings. The third-order valence-corrected chi connectivity index (χ3v) is 5.90. The molecule has 27 heavy (non-hydrogen) atoms. The molecule has 0 aliphatic carbocycles. The average molecular weight is 397 g/mol. The van der Waals surface area contributed by atoms with Crippen molar-refractivity contribution in [2.24, 2.45) is 0 Å². The minimum Gasteiger partial charge on any atom is -0.406 e. The van der Waals surface area contributed by atoms with E-state index in [0.717, 1.165) is 10.4 Å². The second-order valence-corrected chi connectivity index (χ2v) is 7.47. The molecule has 1 saturated heterocycles. The molecule has 9 heteroatoms. The van der Waals surface area contributed by atoms with E-state index in [9.17, 15) is 18.0 Å². The van der Waals surface area contributed by atoms with E-state index in [2.05, 4.69) is 10.1 Å². The van der Waals surface area contributed by atoms with Crippen molar-refractivity contribution >= 4 is 23.2 Å². The minimum atomic E-state index is -4.78. The molecule has 3 rings (SSSR count). The summed E-state index contributed by atoms with van der Waals surface area (Å²) in [5, 5.41) is 13.1. The molecular weight excluding hydrogens is 379 g/mol. The zero-order valence-electron chi connectivity index (χ0n) is 14.8. The molecule has 2 heterocycles. The van der Waals surface area contributed by atoms with Gasteiger partial charge in [-0.2, -0.15) is 0 Å². The Balaban J connectivity index is 2.05. The smallest absolute Gasteiger partial charge is 0.406 e. The molecule has 0 bridgehead atoms. The number of nitrogens with zero attached hydrogens (tertiary/aromatic N) is 1. The first-order valence-corrected chi connectivity index (χ1v) is 8.95. The molecule has 1 aromatic carbocycles. The van der Waals surface area contributed by atoms with Crippen LogP contribution in [-0.2, 0) is 10.3 Å². The van der Waals surface area contributed by atoms with E-state index in [4.69, 9.17) is 5.41 Å². The first-order chi connectivity index (χ1) is 12.5. The van der Waals surface area contributed by atoms with Gasteiger partial charge in [-0.15, -0.1) is 24.5 Å². The van der Waals surface area contributed by atoms with Crippen LogP contribution < -0.4 is 10.1 Å². The van der Waals surface area contributed by atoms with Crippen LogP contribution in [0.15, 0.2) is 35.7 Å². The van der Waals surface area contributed by atoms with Gasteiger partial charge in [0.15, 0.2) is 5.96 Å². The number of ether oxygens (including phenoxy) is 1. The summed E-state index contributed by atoms with van der Waals surface area (Å²) in [4.78, 5) is 15.1. The van der Waals surface area contributed by atoms with Gasteiger partial charge >= 0.3 is 6.36 Å². The third-order valence-electron chi connectivity index (χ3n) is 4.65. The molecule has 1 amide bonds. The van der Waals surface area contributed by atoms with Gasteiger partial charge in [0, 0.05) is 11.9 Å². The van der Waals surface area contributed by atoms with E-state index in [1.165, 1.54) is 47.5 Å². The van der Waals surface area contributed by atoms with Crippen LogP contribution in [0, 0.1) is 12.3 Å². The summed E-state index contributed by atoms with van der Waals surface area (Å²) in [5.41, 5.74) is 0.615. The number of halogens is 3. The molecule has 1 aliphatic rings. The number of aryl methyl sites for hydroxylation is 1. The highest BCUT2D eigenvalue weighted by Gasteiger charge is 2.49. The van der Waals surface area contributed by atoms with Crippen LogP contribution in [0.25, 0.3) is 0 Å². The number of benzene rings is 1. The predicted octanol–water partition coefficient (Wildman–Crippen LogP) is 3.95. The lowest BCUT2D eigenvalue weighted by atomic mass is 9.76. The lowest BCUT2D eigenvalue weighted by Crippen LogP contribution is -2.62. The van der Waals surface area contributed by atoms with E-state index in [1.807, 2.05) is 25.3 Å². The maximum atomic E-state index is 13.0. The molecule has 2 atom stereocenters. The molecule has 1 aliphatic heterocycles. The fraction of sp³-hybridized carbons (Fsp3) is 0.333. The van der Waals surface area contributed by atoms with Crippen molar-refractivity contribution in [1.82, 2.24) is 10.2 Å². The quantitative estimate of drug-likeness (QED) is 0.824. The van der Waals surface area contributed by atoms with E-state index in [-0.39, 0.29) is 17.6 Å². The van der Waals surface area contributed by atoms with Crippen molar-refractivity contribution in [2.45, 2.75) is 31.7 Å². The molecule has 144 valence electrons. The highest BCUT2D eigenvalue weighted by molar-refractivity contribution is 7.10. The van der Waals surface area contributed by atoms with Crippen molar-refractivity contribution in [3.8, 4) is 5.75 Å². The summed E-state index contributed by atoms with van der Waals surface area (Å²) in [5.74, 6) is -1.39. The number of nitrogens with one attached hydrogen (secondary N) is 2. The lowest BCUT2D eigenvalue weighted by Gasteiger charge is -2.45. The summed E-state index contributed by atoms with van der Waals surface area (Å²) < 4.78 is 41.1. The number of carbonyl (C=O) groups is 1. The molecule has 1 unspecified atom stereocenters. The topological polar surface area (TPSA) is 65.4 Å². The maximum Gasteiger partial charge on any atom is 0.573 e. The summed E-state index contributed by atoms with van der Waals surface area (Å²) in [6.07, 6.45) is -4.78. The molecular formula is C18H18F3N3O2S. The summed E-state index contributed by atoms with van der Waals surface area (Å²) in [6.45, 7) is 3.75. The minimum absolute atomic E-state index is 0.0245. The Morgan fingerprint density at radius 2 is 1.89 bits per heavy atom. The largest absolute Gasteiger partial charge is 0.573 e. The number of likely N-dealkylation sites (N-methyl/N-ethyl adjacent to an activating group) is 1. The van der Waals surface area contributed by atoms with Gasteiger partial charge in [-0.25, -0.2) is 0 Å². The van der Waals surface area contributed by atoms with E-state index in [1.54, 1.807) is 0 Å². The SMILES string of the molecule is Cc1ccsc1[C@@]1(C)NC(=N)N(C)C(=O)C1c1ccc(OC(F)(F)F)cc1. The number of hydrogen-bond acceptors (Lipinski definition) is 4. The molecule has 0 saturated carbocycles. The van der Waals surface area contributed by atoms with Crippen LogP contribution in [0.4, 0.5) is 13.2 Å². The van der Waals surface area contributed by atoms with Gasteiger partial charge in [0.05, 0.1) is 11.5 Å². The number of carbonyl (C=O) groups excluding carboxylic acids is 1. The highest BCUT2D eigenvalue weighted by atomic mass is 32.1. The fourth-order valence-corrected chi connectivity index (χ4v) is 4.46. The lowest BCUT2D eigenvalue weighted by molar-refractivity contribution is -0.274. The van der Waals surface area contributed by atoms with E-state index < -0.39 is 17.8 Å². The summed E-state index contributed by atoms with van der Waals surface area (Å²) in [7, 11) is 1.49. The Bertz CT molecular complexity index is 879. The zero-order valence-corrected chi connectivity index (χ0v) is 15.7. The van der Waals surface area contributed by atoms with Crippen molar-refractivity contribution in [1.29, 1.82) is 5.41 Å². The van der Waals surface area contributed by atoms with Gasteiger partial charge in [0.1, 0.15) is 5.75 Å². The number of guanidine groups is 1. The van der Waals surface area contributed by atoms with Crippen molar-refractivity contribution < 1.29 is 22.7 Å². The van der Waals surface area contributed by atoms with Gasteiger partial charge in [0.25, 0.3) is 0 Å². The molecule has 1 fully saturated rings. The van der Waals surface area contributed by atoms with E-state index >= 15 is 0 Å². The number of rotatable bonds is 3. The second-order valence-electron chi connectivity index (χ2n) is 6.56. The van der Waals surface area contributed by atoms with Crippen LogP contribution >= 0.6 is 11.3 Å². The number of hydrogen-bond donors (Lipinski definition) is 2. The van der Waals surface area contributed by atoms with Crippen molar-refractivity contribution in [2.75, 3.05) is 7.05 Å². The zero-order chi connectivity index (χ0) is 20.0. The molecule has 1 aromatic heterocycles. The number of thiophene rings is 1. The van der Waals surface area contributed by atoms with Crippen LogP contribution in [0.1, 0.15) is 28.8 Å². The number of alkyl halides is 3. The average Bonchev–Trinajstić information content (AvgIpc) is 3.00. The fourth-order valence-electron chi connectivity index (χ4n) is 3.38.